The third kappa shape index (κ3) is 3.33. The lowest BCUT2D eigenvalue weighted by atomic mass is 10.2. The monoisotopic (exact) mass is 340 g/mol. The smallest absolute Gasteiger partial charge is 0.361 e. The normalized spacial score (nSPS) is 17.9. The molecule has 2 amide bonds. The number of fused-ring (bicyclic) bond motifs is 1. The first-order valence-electron chi connectivity index (χ1n) is 7.79. The van der Waals surface area contributed by atoms with Gasteiger partial charge >= 0.3 is 12.2 Å². The summed E-state index contributed by atoms with van der Waals surface area (Å²) in [6.45, 7) is 2.12. The summed E-state index contributed by atoms with van der Waals surface area (Å²) in [5, 5.41) is 3.74. The minimum absolute atomic E-state index is 0.211. The van der Waals surface area contributed by atoms with E-state index in [1.54, 1.807) is 17.2 Å². The molecule has 0 unspecified atom stereocenters. The predicted molar refractivity (Wildman–Crippen MR) is 86.0 cm³/mol. The summed E-state index contributed by atoms with van der Waals surface area (Å²) in [5.41, 5.74) is 1.60. The summed E-state index contributed by atoms with van der Waals surface area (Å²) in [5.74, 6) is 0. The Bertz CT molecular complexity index is 719. The van der Waals surface area contributed by atoms with E-state index in [4.69, 9.17) is 0 Å². The van der Waals surface area contributed by atoms with Gasteiger partial charge in [0.15, 0.2) is 0 Å². The highest BCUT2D eigenvalue weighted by Gasteiger charge is 2.41. The zero-order valence-electron chi connectivity index (χ0n) is 13.2. The van der Waals surface area contributed by atoms with Gasteiger partial charge in [-0.15, -0.1) is 0 Å². The molecule has 2 heterocycles. The fraction of sp³-hybridized carbons (Fsp3) is 0.438. The van der Waals surface area contributed by atoms with E-state index >= 15 is 0 Å². The third-order valence-corrected chi connectivity index (χ3v) is 4.46. The molecule has 1 atom stereocenters. The Hall–Kier alpha value is -2.22. The van der Waals surface area contributed by atoms with Gasteiger partial charge in [0.25, 0.3) is 0 Å². The van der Waals surface area contributed by atoms with Crippen LogP contribution in [0.1, 0.15) is 6.92 Å². The van der Waals surface area contributed by atoms with E-state index in [-0.39, 0.29) is 32.2 Å². The number of anilines is 1. The maximum Gasteiger partial charge on any atom is 0.403 e. The number of nitrogens with one attached hydrogen (secondary N) is 2. The SMILES string of the molecule is C[C@H](N1CCN(C(=O)Nc2cccc3[nH]ccc23)CC1)C(F)(F)F. The zero-order valence-corrected chi connectivity index (χ0v) is 13.2. The number of carbonyl (C=O) groups excluding carboxylic acids is 1. The lowest BCUT2D eigenvalue weighted by Gasteiger charge is -2.38. The van der Waals surface area contributed by atoms with E-state index < -0.39 is 12.2 Å². The number of piperazine rings is 1. The maximum absolute atomic E-state index is 12.8. The van der Waals surface area contributed by atoms with E-state index in [1.807, 2.05) is 18.2 Å². The van der Waals surface area contributed by atoms with Crippen molar-refractivity contribution in [2.75, 3.05) is 31.5 Å². The number of aromatic nitrogens is 1. The van der Waals surface area contributed by atoms with E-state index in [2.05, 4.69) is 10.3 Å². The molecule has 0 saturated carbocycles. The molecular weight excluding hydrogens is 321 g/mol. The molecule has 2 N–H and O–H groups in total. The minimum Gasteiger partial charge on any atom is -0.361 e. The molecule has 0 spiro atoms. The molecule has 2 aromatic rings. The second-order valence-electron chi connectivity index (χ2n) is 5.92. The van der Waals surface area contributed by atoms with Crippen molar-refractivity contribution in [3.05, 3.63) is 30.5 Å². The Labute approximate surface area is 137 Å². The van der Waals surface area contributed by atoms with Crippen molar-refractivity contribution in [2.24, 2.45) is 0 Å². The van der Waals surface area contributed by atoms with Gasteiger partial charge in [0.05, 0.1) is 5.69 Å². The molecule has 130 valence electrons. The largest absolute Gasteiger partial charge is 0.403 e. The number of rotatable bonds is 2. The number of H-pyrrole nitrogens is 1. The van der Waals surface area contributed by atoms with Crippen molar-refractivity contribution in [1.82, 2.24) is 14.8 Å². The van der Waals surface area contributed by atoms with Gasteiger partial charge in [-0.25, -0.2) is 4.79 Å². The number of urea groups is 1. The number of amides is 2. The molecule has 1 aliphatic rings. The summed E-state index contributed by atoms with van der Waals surface area (Å²) in [7, 11) is 0. The van der Waals surface area contributed by atoms with Gasteiger partial charge in [-0.2, -0.15) is 13.2 Å². The number of hydrogen-bond acceptors (Lipinski definition) is 2. The van der Waals surface area contributed by atoms with Gasteiger partial charge in [-0.3, -0.25) is 4.90 Å². The molecule has 5 nitrogen and oxygen atoms in total. The summed E-state index contributed by atoms with van der Waals surface area (Å²) >= 11 is 0. The van der Waals surface area contributed by atoms with E-state index in [1.165, 1.54) is 4.90 Å². The average molecular weight is 340 g/mol. The Morgan fingerprint density at radius 3 is 2.58 bits per heavy atom. The van der Waals surface area contributed by atoms with E-state index in [0.29, 0.717) is 5.69 Å². The third-order valence-electron chi connectivity index (χ3n) is 4.46. The van der Waals surface area contributed by atoms with Crippen molar-refractivity contribution >= 4 is 22.6 Å². The zero-order chi connectivity index (χ0) is 17.3. The Balaban J connectivity index is 1.61. The average Bonchev–Trinajstić information content (AvgIpc) is 3.03. The molecule has 1 saturated heterocycles. The number of carbonyl (C=O) groups is 1. The van der Waals surface area contributed by atoms with Crippen LogP contribution in [0.15, 0.2) is 30.5 Å². The molecule has 3 rings (SSSR count). The fourth-order valence-corrected chi connectivity index (χ4v) is 2.91. The topological polar surface area (TPSA) is 51.4 Å². The molecule has 1 aromatic carbocycles. The lowest BCUT2D eigenvalue weighted by Crippen LogP contribution is -2.55. The second-order valence-corrected chi connectivity index (χ2v) is 5.92. The molecule has 0 aliphatic carbocycles. The Morgan fingerprint density at radius 2 is 1.92 bits per heavy atom. The van der Waals surface area contributed by atoms with Crippen LogP contribution >= 0.6 is 0 Å². The van der Waals surface area contributed by atoms with Crippen LogP contribution in [0.3, 0.4) is 0 Å². The Kier molecular flexibility index (Phi) is 4.40. The fourth-order valence-electron chi connectivity index (χ4n) is 2.91. The van der Waals surface area contributed by atoms with Gasteiger partial charge in [0.1, 0.15) is 6.04 Å². The standard InChI is InChI=1S/C16H19F3N4O/c1-11(16(17,18)19)22-7-9-23(10-8-22)15(24)21-14-4-2-3-13-12(14)5-6-20-13/h2-6,11,20H,7-10H2,1H3,(H,21,24)/t11-/m0/s1. The van der Waals surface area contributed by atoms with Crippen LogP contribution in [0.25, 0.3) is 10.9 Å². The van der Waals surface area contributed by atoms with Crippen LogP contribution in [0, 0.1) is 0 Å². The number of nitrogens with zero attached hydrogens (tertiary/aromatic N) is 2. The van der Waals surface area contributed by atoms with Crippen LogP contribution in [0.2, 0.25) is 0 Å². The molecule has 8 heteroatoms. The van der Waals surface area contributed by atoms with Crippen molar-refractivity contribution in [3.63, 3.8) is 0 Å². The number of hydrogen-bond donors (Lipinski definition) is 2. The summed E-state index contributed by atoms with van der Waals surface area (Å²) in [6.07, 6.45) is -2.45. The van der Waals surface area contributed by atoms with Crippen molar-refractivity contribution < 1.29 is 18.0 Å². The van der Waals surface area contributed by atoms with Crippen LogP contribution in [-0.4, -0.2) is 59.2 Å². The predicted octanol–water partition coefficient (Wildman–Crippen LogP) is 3.27. The highest BCUT2D eigenvalue weighted by Crippen LogP contribution is 2.26. The quantitative estimate of drug-likeness (QED) is 0.882. The second kappa shape index (κ2) is 6.35. The summed E-state index contributed by atoms with van der Waals surface area (Å²) in [6, 6.07) is 5.63. The van der Waals surface area contributed by atoms with Crippen molar-refractivity contribution in [2.45, 2.75) is 19.1 Å². The van der Waals surface area contributed by atoms with Crippen LogP contribution in [0.5, 0.6) is 0 Å². The van der Waals surface area contributed by atoms with E-state index in [0.717, 1.165) is 17.8 Å². The van der Waals surface area contributed by atoms with Crippen LogP contribution in [0.4, 0.5) is 23.7 Å². The molecule has 0 radical (unpaired) electrons. The first-order chi connectivity index (χ1) is 11.4. The number of halogens is 3. The minimum atomic E-state index is -4.24. The summed E-state index contributed by atoms with van der Waals surface area (Å²) in [4.78, 5) is 18.3. The number of benzene rings is 1. The molecule has 0 bridgehead atoms. The molecule has 1 aliphatic heterocycles. The van der Waals surface area contributed by atoms with Crippen molar-refractivity contribution in [1.29, 1.82) is 0 Å². The van der Waals surface area contributed by atoms with Gasteiger partial charge < -0.3 is 15.2 Å². The summed E-state index contributed by atoms with van der Waals surface area (Å²) < 4.78 is 38.3. The molecule has 24 heavy (non-hydrogen) atoms. The lowest BCUT2D eigenvalue weighted by molar-refractivity contribution is -0.181. The maximum atomic E-state index is 12.8. The van der Waals surface area contributed by atoms with Crippen molar-refractivity contribution in [3.8, 4) is 0 Å². The molecule has 1 fully saturated rings. The number of alkyl halides is 3. The molecular formula is C16H19F3N4O. The van der Waals surface area contributed by atoms with Gasteiger partial charge in [0.2, 0.25) is 0 Å². The first kappa shape index (κ1) is 16.6. The first-order valence-corrected chi connectivity index (χ1v) is 7.79. The van der Waals surface area contributed by atoms with E-state index in [9.17, 15) is 18.0 Å². The van der Waals surface area contributed by atoms with Crippen LogP contribution < -0.4 is 5.32 Å². The highest BCUT2D eigenvalue weighted by molar-refractivity contribution is 6.00. The number of aromatic amines is 1. The molecule has 1 aromatic heterocycles. The van der Waals surface area contributed by atoms with Gasteiger partial charge in [0, 0.05) is 43.3 Å². The van der Waals surface area contributed by atoms with Gasteiger partial charge in [-0.1, -0.05) is 6.07 Å². The van der Waals surface area contributed by atoms with Crippen LogP contribution in [-0.2, 0) is 0 Å². The highest BCUT2D eigenvalue weighted by atomic mass is 19.4. The Morgan fingerprint density at radius 1 is 1.21 bits per heavy atom. The van der Waals surface area contributed by atoms with Gasteiger partial charge in [-0.05, 0) is 25.1 Å².